The highest BCUT2D eigenvalue weighted by atomic mass is 16.5. The molecule has 0 saturated heterocycles. The molecule has 0 radical (unpaired) electrons. The molecule has 0 aromatic heterocycles. The fourth-order valence-corrected chi connectivity index (χ4v) is 11.0. The standard InChI is InChI=1S/C38H65N3O2/c1-28(11-8-22-41(4)27-29-12-6-5-7-13-29)33-16-17-34-32-15-14-30-25-31(42-23-9-20-39)18-19-37(30,2)35(32)26-36(38(33,34)3)43-24-10-21-40/h5-7,12-13,28,30-36H,8-11,14-27,39-40H2,1-4H3/t28-,30?,31-,32?,33?,34+,35+,36+,37+,38?/m1/s1. The highest BCUT2D eigenvalue weighted by Crippen LogP contribution is 2.69. The molecule has 0 spiro atoms. The van der Waals surface area contributed by atoms with E-state index in [2.05, 4.69) is 63.1 Å². The zero-order chi connectivity index (χ0) is 30.5. The average Bonchev–Trinajstić information content (AvgIpc) is 3.36. The van der Waals surface area contributed by atoms with E-state index in [1.54, 1.807) is 0 Å². The van der Waals surface area contributed by atoms with Crippen molar-refractivity contribution in [3.8, 4) is 0 Å². The van der Waals surface area contributed by atoms with Gasteiger partial charge < -0.3 is 25.8 Å². The van der Waals surface area contributed by atoms with Gasteiger partial charge in [-0.05, 0) is 156 Å². The van der Waals surface area contributed by atoms with E-state index in [4.69, 9.17) is 20.9 Å². The number of fused-ring (bicyclic) bond motifs is 5. The molecule has 4 fully saturated rings. The molecule has 43 heavy (non-hydrogen) atoms. The van der Waals surface area contributed by atoms with Crippen LogP contribution in [0.5, 0.6) is 0 Å². The summed E-state index contributed by atoms with van der Waals surface area (Å²) >= 11 is 0. The van der Waals surface area contributed by atoms with Gasteiger partial charge in [-0.3, -0.25) is 0 Å². The van der Waals surface area contributed by atoms with Crippen LogP contribution in [0.4, 0.5) is 0 Å². The largest absolute Gasteiger partial charge is 0.378 e. The zero-order valence-electron chi connectivity index (χ0n) is 28.2. The Morgan fingerprint density at radius 1 is 0.884 bits per heavy atom. The van der Waals surface area contributed by atoms with Crippen LogP contribution in [0.25, 0.3) is 0 Å². The molecule has 4 aliphatic carbocycles. The molecule has 5 rings (SSSR count). The van der Waals surface area contributed by atoms with Crippen LogP contribution in [0.15, 0.2) is 30.3 Å². The third-order valence-corrected chi connectivity index (χ3v) is 13.3. The summed E-state index contributed by atoms with van der Waals surface area (Å²) in [6, 6.07) is 10.9. The van der Waals surface area contributed by atoms with Crippen molar-refractivity contribution in [3.63, 3.8) is 0 Å². The monoisotopic (exact) mass is 596 g/mol. The van der Waals surface area contributed by atoms with Crippen molar-refractivity contribution in [2.45, 2.75) is 117 Å². The lowest BCUT2D eigenvalue weighted by Gasteiger charge is -2.63. The first-order valence-electron chi connectivity index (χ1n) is 18.2. The Bertz CT molecular complexity index is 975. The number of nitrogens with two attached hydrogens (primary N) is 2. The van der Waals surface area contributed by atoms with Crippen LogP contribution in [0.2, 0.25) is 0 Å². The Balaban J connectivity index is 1.25. The van der Waals surface area contributed by atoms with Crippen molar-refractivity contribution in [1.29, 1.82) is 0 Å². The molecule has 0 aliphatic heterocycles. The Hall–Kier alpha value is -0.980. The molecule has 1 aromatic rings. The van der Waals surface area contributed by atoms with Crippen LogP contribution in [0.3, 0.4) is 0 Å². The summed E-state index contributed by atoms with van der Waals surface area (Å²) < 4.78 is 13.3. The number of hydrogen-bond donors (Lipinski definition) is 2. The molecule has 1 aromatic carbocycles. The molecule has 4 unspecified atom stereocenters. The number of rotatable bonds is 15. The van der Waals surface area contributed by atoms with Gasteiger partial charge in [-0.1, -0.05) is 51.1 Å². The molecule has 0 amide bonds. The van der Waals surface area contributed by atoms with Crippen molar-refractivity contribution in [2.24, 2.45) is 57.8 Å². The van der Waals surface area contributed by atoms with E-state index in [-0.39, 0.29) is 5.41 Å². The maximum absolute atomic E-state index is 6.97. The molecule has 244 valence electrons. The predicted molar refractivity (Wildman–Crippen MR) is 179 cm³/mol. The van der Waals surface area contributed by atoms with Gasteiger partial charge in [-0.25, -0.2) is 0 Å². The fraction of sp³-hybridized carbons (Fsp3) is 0.842. The van der Waals surface area contributed by atoms with Gasteiger partial charge in [-0.2, -0.15) is 0 Å². The zero-order valence-corrected chi connectivity index (χ0v) is 28.2. The first kappa shape index (κ1) is 33.4. The number of benzene rings is 1. The van der Waals surface area contributed by atoms with Crippen LogP contribution in [-0.4, -0.2) is 57.0 Å². The van der Waals surface area contributed by atoms with Crippen LogP contribution in [0, 0.1) is 46.3 Å². The molecular weight excluding hydrogens is 530 g/mol. The number of hydrogen-bond acceptors (Lipinski definition) is 5. The minimum absolute atomic E-state index is 0.289. The molecular formula is C38H65N3O2. The Labute approximate surface area is 264 Å². The number of nitrogens with zero attached hydrogens (tertiary/aromatic N) is 1. The SMILES string of the molecule is C[C@H](CCCN(C)Cc1ccccc1)C1CC[C@H]2C3CCC4C[C@H](OCCCN)CC[C@]4(C)[C@H]3C[C@H](OCCCN)C12C. The van der Waals surface area contributed by atoms with Crippen molar-refractivity contribution in [2.75, 3.05) is 39.9 Å². The predicted octanol–water partition coefficient (Wildman–Crippen LogP) is 7.27. The molecule has 0 bridgehead atoms. The highest BCUT2D eigenvalue weighted by Gasteiger charge is 2.64. The van der Waals surface area contributed by atoms with Crippen molar-refractivity contribution in [1.82, 2.24) is 4.90 Å². The Morgan fingerprint density at radius 2 is 1.63 bits per heavy atom. The van der Waals surface area contributed by atoms with Gasteiger partial charge in [0, 0.05) is 19.8 Å². The van der Waals surface area contributed by atoms with Gasteiger partial charge in [0.15, 0.2) is 0 Å². The minimum atomic E-state index is 0.289. The van der Waals surface area contributed by atoms with E-state index < -0.39 is 0 Å². The number of ether oxygens (including phenoxy) is 2. The lowest BCUT2D eigenvalue weighted by molar-refractivity contribution is -0.192. The second-order valence-corrected chi connectivity index (χ2v) is 15.7. The average molecular weight is 596 g/mol. The van der Waals surface area contributed by atoms with Gasteiger partial charge in [0.1, 0.15) is 0 Å². The highest BCUT2D eigenvalue weighted by molar-refractivity contribution is 5.15. The fourth-order valence-electron chi connectivity index (χ4n) is 11.0. The van der Waals surface area contributed by atoms with Crippen molar-refractivity contribution < 1.29 is 9.47 Å². The summed E-state index contributed by atoms with van der Waals surface area (Å²) in [5.74, 6) is 4.76. The third-order valence-electron chi connectivity index (χ3n) is 13.3. The maximum Gasteiger partial charge on any atom is 0.0637 e. The first-order chi connectivity index (χ1) is 20.8. The summed E-state index contributed by atoms with van der Waals surface area (Å²) in [4.78, 5) is 2.50. The first-order valence-corrected chi connectivity index (χ1v) is 18.2. The van der Waals surface area contributed by atoms with E-state index in [9.17, 15) is 0 Å². The second-order valence-electron chi connectivity index (χ2n) is 15.7. The van der Waals surface area contributed by atoms with Crippen molar-refractivity contribution >= 4 is 0 Å². The maximum atomic E-state index is 6.97. The molecule has 4 aliphatic rings. The lowest BCUT2D eigenvalue weighted by atomic mass is 9.43. The van der Waals surface area contributed by atoms with Gasteiger partial charge in [0.25, 0.3) is 0 Å². The molecule has 5 heteroatoms. The molecule has 4 N–H and O–H groups in total. The summed E-state index contributed by atoms with van der Waals surface area (Å²) in [6.07, 6.45) is 16.0. The summed E-state index contributed by atoms with van der Waals surface area (Å²) in [5, 5.41) is 0. The Kier molecular flexibility index (Phi) is 11.7. The topological polar surface area (TPSA) is 73.7 Å². The minimum Gasteiger partial charge on any atom is -0.378 e. The van der Waals surface area contributed by atoms with Crippen LogP contribution in [-0.2, 0) is 16.0 Å². The summed E-state index contributed by atoms with van der Waals surface area (Å²) in [6.45, 7) is 13.2. The quantitative estimate of drug-likeness (QED) is 0.209. The van der Waals surface area contributed by atoms with E-state index in [1.807, 2.05) is 0 Å². The van der Waals surface area contributed by atoms with E-state index in [1.165, 1.54) is 76.3 Å². The van der Waals surface area contributed by atoms with E-state index >= 15 is 0 Å². The molecule has 10 atom stereocenters. The molecule has 5 nitrogen and oxygen atoms in total. The smallest absolute Gasteiger partial charge is 0.0637 e. The van der Waals surface area contributed by atoms with Gasteiger partial charge in [-0.15, -0.1) is 0 Å². The molecule has 4 saturated carbocycles. The second kappa shape index (κ2) is 15.1. The van der Waals surface area contributed by atoms with Gasteiger partial charge in [0.2, 0.25) is 0 Å². The summed E-state index contributed by atoms with van der Waals surface area (Å²) in [7, 11) is 2.28. The Morgan fingerprint density at radius 3 is 2.37 bits per heavy atom. The van der Waals surface area contributed by atoms with Crippen LogP contribution >= 0.6 is 0 Å². The van der Waals surface area contributed by atoms with Crippen LogP contribution in [0.1, 0.15) is 103 Å². The van der Waals surface area contributed by atoms with Crippen molar-refractivity contribution in [3.05, 3.63) is 35.9 Å². The van der Waals surface area contributed by atoms with E-state index in [0.717, 1.165) is 81.2 Å². The summed E-state index contributed by atoms with van der Waals surface area (Å²) in [5.41, 5.74) is 13.8. The molecule has 0 heterocycles. The van der Waals surface area contributed by atoms with Gasteiger partial charge >= 0.3 is 0 Å². The van der Waals surface area contributed by atoms with E-state index in [0.29, 0.717) is 17.6 Å². The normalized spacial score (nSPS) is 38.0. The van der Waals surface area contributed by atoms with Gasteiger partial charge in [0.05, 0.1) is 12.2 Å². The van der Waals surface area contributed by atoms with Crippen LogP contribution < -0.4 is 11.5 Å². The third kappa shape index (κ3) is 7.22. The lowest BCUT2D eigenvalue weighted by Crippen LogP contribution is -2.59.